The second kappa shape index (κ2) is 8.15. The molecule has 1 aromatic rings. The Morgan fingerprint density at radius 2 is 2.05 bits per heavy atom. The van der Waals surface area contributed by atoms with Gasteiger partial charge in [-0.1, -0.05) is 37.3 Å². The molecule has 0 amide bonds. The Hall–Kier alpha value is -1.39. The number of benzene rings is 1. The van der Waals surface area contributed by atoms with Crippen molar-refractivity contribution in [3.05, 3.63) is 35.9 Å². The Balaban J connectivity index is 1.69. The van der Waals surface area contributed by atoms with Crippen LogP contribution in [-0.2, 0) is 25.6 Å². The van der Waals surface area contributed by atoms with Crippen LogP contribution < -0.4 is 0 Å². The molecule has 116 valence electrons. The van der Waals surface area contributed by atoms with Crippen molar-refractivity contribution in [3.63, 3.8) is 0 Å². The summed E-state index contributed by atoms with van der Waals surface area (Å²) in [6.07, 6.45) is 2.33. The first-order valence-corrected chi connectivity index (χ1v) is 7.59. The number of hydrogen-bond acceptors (Lipinski definition) is 4. The van der Waals surface area contributed by atoms with E-state index in [0.29, 0.717) is 19.1 Å². The van der Waals surface area contributed by atoms with E-state index in [9.17, 15) is 4.79 Å². The Morgan fingerprint density at radius 1 is 1.29 bits per heavy atom. The third-order valence-corrected chi connectivity index (χ3v) is 3.77. The number of esters is 1. The molecule has 0 saturated carbocycles. The lowest BCUT2D eigenvalue weighted by molar-refractivity contribution is -0.212. The van der Waals surface area contributed by atoms with Gasteiger partial charge >= 0.3 is 5.97 Å². The van der Waals surface area contributed by atoms with E-state index in [2.05, 4.69) is 19.1 Å². The molecule has 4 nitrogen and oxygen atoms in total. The van der Waals surface area contributed by atoms with Gasteiger partial charge in [0, 0.05) is 20.0 Å². The molecule has 1 saturated heterocycles. The van der Waals surface area contributed by atoms with Gasteiger partial charge in [-0.25, -0.2) is 0 Å². The van der Waals surface area contributed by atoms with Crippen molar-refractivity contribution in [2.24, 2.45) is 5.92 Å². The van der Waals surface area contributed by atoms with Gasteiger partial charge < -0.3 is 14.2 Å². The zero-order valence-corrected chi connectivity index (χ0v) is 12.8. The molecule has 1 aromatic carbocycles. The molecule has 3 atom stereocenters. The van der Waals surface area contributed by atoms with Crippen LogP contribution >= 0.6 is 0 Å². The van der Waals surface area contributed by atoms with Crippen LogP contribution in [-0.4, -0.2) is 25.0 Å². The number of carbonyl (C=O) groups is 1. The summed E-state index contributed by atoms with van der Waals surface area (Å²) >= 11 is 0. The van der Waals surface area contributed by atoms with Gasteiger partial charge in [-0.3, -0.25) is 4.79 Å². The lowest BCUT2D eigenvalue weighted by atomic mass is 9.94. The lowest BCUT2D eigenvalue weighted by Crippen LogP contribution is -2.36. The first kappa shape index (κ1) is 16.0. The average Bonchev–Trinajstić information content (AvgIpc) is 2.47. The van der Waals surface area contributed by atoms with Crippen molar-refractivity contribution >= 4 is 5.97 Å². The van der Waals surface area contributed by atoms with Gasteiger partial charge in [-0.2, -0.15) is 0 Å². The highest BCUT2D eigenvalue weighted by Crippen LogP contribution is 2.27. The third-order valence-electron chi connectivity index (χ3n) is 3.77. The van der Waals surface area contributed by atoms with Crippen molar-refractivity contribution in [1.29, 1.82) is 0 Å². The van der Waals surface area contributed by atoms with Crippen molar-refractivity contribution in [3.8, 4) is 0 Å². The summed E-state index contributed by atoms with van der Waals surface area (Å²) in [5.41, 5.74) is 1.17. The molecular formula is C17H24O4. The molecule has 21 heavy (non-hydrogen) atoms. The molecule has 1 unspecified atom stereocenters. The van der Waals surface area contributed by atoms with E-state index in [-0.39, 0.29) is 12.1 Å². The fraction of sp³-hybridized carbons (Fsp3) is 0.588. The number of carbonyl (C=O) groups excluding carboxylic acids is 1. The van der Waals surface area contributed by atoms with Gasteiger partial charge in [0.2, 0.25) is 6.29 Å². The number of ether oxygens (including phenoxy) is 3. The van der Waals surface area contributed by atoms with Crippen molar-refractivity contribution < 1.29 is 19.0 Å². The molecule has 0 radical (unpaired) electrons. The Bertz CT molecular complexity index is 432. The molecule has 0 N–H and O–H groups in total. The topological polar surface area (TPSA) is 44.8 Å². The van der Waals surface area contributed by atoms with E-state index < -0.39 is 6.29 Å². The zero-order valence-electron chi connectivity index (χ0n) is 12.8. The zero-order chi connectivity index (χ0) is 15.1. The molecule has 2 rings (SSSR count). The lowest BCUT2D eigenvalue weighted by Gasteiger charge is -2.34. The summed E-state index contributed by atoms with van der Waals surface area (Å²) in [4.78, 5) is 11.0. The second-order valence-corrected chi connectivity index (χ2v) is 5.60. The van der Waals surface area contributed by atoms with Gasteiger partial charge in [0.1, 0.15) is 0 Å². The van der Waals surface area contributed by atoms with E-state index in [1.807, 2.05) is 18.2 Å². The van der Waals surface area contributed by atoms with E-state index in [1.165, 1.54) is 12.5 Å². The Kier molecular flexibility index (Phi) is 6.21. The van der Waals surface area contributed by atoms with Gasteiger partial charge in [-0.05, 0) is 24.3 Å². The van der Waals surface area contributed by atoms with Gasteiger partial charge in [0.15, 0.2) is 0 Å². The van der Waals surface area contributed by atoms with Crippen LogP contribution in [0.5, 0.6) is 0 Å². The molecule has 4 heteroatoms. The molecule has 0 bridgehead atoms. The average molecular weight is 292 g/mol. The van der Waals surface area contributed by atoms with E-state index >= 15 is 0 Å². The minimum absolute atomic E-state index is 0.0962. The summed E-state index contributed by atoms with van der Waals surface area (Å²) in [6.45, 7) is 4.86. The summed E-state index contributed by atoms with van der Waals surface area (Å²) in [6, 6.07) is 10.1. The quantitative estimate of drug-likeness (QED) is 0.596. The standard InChI is InChI=1S/C17H24O4/c1-13-8-9-17(20-14(2)18)21-16(13)10-11-19-12-15-6-4-3-5-7-15/h3-7,13,16-17H,8-12H2,1-2H3/t13-,16-,17?/m1/s1. The molecule has 1 heterocycles. The van der Waals surface area contributed by atoms with E-state index in [1.54, 1.807) is 0 Å². The largest absolute Gasteiger partial charge is 0.436 e. The molecule has 0 aliphatic carbocycles. The first-order valence-electron chi connectivity index (χ1n) is 7.59. The molecule has 0 aromatic heterocycles. The van der Waals surface area contributed by atoms with Crippen LogP contribution in [0.25, 0.3) is 0 Å². The molecule has 1 aliphatic heterocycles. The van der Waals surface area contributed by atoms with Crippen LogP contribution in [0.2, 0.25) is 0 Å². The summed E-state index contributed by atoms with van der Waals surface area (Å²) in [5.74, 6) is 0.186. The van der Waals surface area contributed by atoms with Crippen LogP contribution in [0.3, 0.4) is 0 Å². The maximum atomic E-state index is 11.0. The normalized spacial score (nSPS) is 25.5. The van der Waals surface area contributed by atoms with Gasteiger partial charge in [0.05, 0.1) is 12.7 Å². The number of rotatable bonds is 6. The predicted octanol–water partition coefficient (Wildman–Crippen LogP) is 3.30. The first-order chi connectivity index (χ1) is 10.1. The summed E-state index contributed by atoms with van der Waals surface area (Å²) < 4.78 is 16.7. The minimum Gasteiger partial charge on any atom is -0.436 e. The van der Waals surface area contributed by atoms with Crippen molar-refractivity contribution in [2.45, 2.75) is 52.1 Å². The minimum atomic E-state index is -0.391. The highest BCUT2D eigenvalue weighted by Gasteiger charge is 2.29. The van der Waals surface area contributed by atoms with Gasteiger partial charge in [0.25, 0.3) is 0 Å². The molecule has 1 fully saturated rings. The van der Waals surface area contributed by atoms with E-state index in [4.69, 9.17) is 14.2 Å². The van der Waals surface area contributed by atoms with Crippen molar-refractivity contribution in [2.75, 3.05) is 6.61 Å². The smallest absolute Gasteiger partial charge is 0.304 e. The molecule has 1 aliphatic rings. The predicted molar refractivity (Wildman–Crippen MR) is 79.5 cm³/mol. The van der Waals surface area contributed by atoms with Crippen LogP contribution in [0.1, 0.15) is 38.7 Å². The molecule has 0 spiro atoms. The van der Waals surface area contributed by atoms with Crippen molar-refractivity contribution in [1.82, 2.24) is 0 Å². The maximum absolute atomic E-state index is 11.0. The Morgan fingerprint density at radius 3 is 2.76 bits per heavy atom. The Labute approximate surface area is 126 Å². The fourth-order valence-corrected chi connectivity index (χ4v) is 2.57. The maximum Gasteiger partial charge on any atom is 0.304 e. The molecular weight excluding hydrogens is 268 g/mol. The van der Waals surface area contributed by atoms with Crippen LogP contribution in [0.15, 0.2) is 30.3 Å². The number of hydrogen-bond donors (Lipinski definition) is 0. The fourth-order valence-electron chi connectivity index (χ4n) is 2.57. The third kappa shape index (κ3) is 5.48. The summed E-state index contributed by atoms with van der Waals surface area (Å²) in [7, 11) is 0. The second-order valence-electron chi connectivity index (χ2n) is 5.60. The van der Waals surface area contributed by atoms with Crippen LogP contribution in [0, 0.1) is 5.92 Å². The highest BCUT2D eigenvalue weighted by molar-refractivity contribution is 5.66. The van der Waals surface area contributed by atoms with Crippen LogP contribution in [0.4, 0.5) is 0 Å². The monoisotopic (exact) mass is 292 g/mol. The van der Waals surface area contributed by atoms with Gasteiger partial charge in [-0.15, -0.1) is 0 Å². The van der Waals surface area contributed by atoms with E-state index in [0.717, 1.165) is 19.3 Å². The highest BCUT2D eigenvalue weighted by atomic mass is 16.7. The SMILES string of the molecule is CC(=O)OC1CC[C@@H](C)[C@@H](CCOCc2ccccc2)O1. The summed E-state index contributed by atoms with van der Waals surface area (Å²) in [5, 5.41) is 0.